The van der Waals surface area contributed by atoms with Crippen LogP contribution >= 0.6 is 0 Å². The quantitative estimate of drug-likeness (QED) is 0.775. The molecule has 20 heavy (non-hydrogen) atoms. The zero-order valence-electron chi connectivity index (χ0n) is 14.1. The van der Waals surface area contributed by atoms with Crippen LogP contribution in [0.15, 0.2) is 24.3 Å². The van der Waals surface area contributed by atoms with Gasteiger partial charge in [-0.05, 0) is 44.5 Å². The third-order valence-corrected chi connectivity index (χ3v) is 3.85. The molecule has 0 amide bonds. The normalized spacial score (nSPS) is 14.8. The van der Waals surface area contributed by atoms with E-state index in [1.54, 1.807) is 0 Å². The first-order chi connectivity index (χ1) is 9.43. The molecule has 0 bridgehead atoms. The summed E-state index contributed by atoms with van der Waals surface area (Å²) in [5.41, 5.74) is 2.83. The highest BCUT2D eigenvalue weighted by atomic mass is 15.1. The van der Waals surface area contributed by atoms with Gasteiger partial charge in [-0.2, -0.15) is 0 Å². The summed E-state index contributed by atoms with van der Waals surface area (Å²) in [5, 5.41) is 3.77. The van der Waals surface area contributed by atoms with Crippen LogP contribution in [0, 0.1) is 5.92 Å². The minimum atomic E-state index is 0.401. The van der Waals surface area contributed by atoms with E-state index in [2.05, 4.69) is 76.3 Å². The molecule has 0 aromatic heterocycles. The van der Waals surface area contributed by atoms with E-state index in [1.165, 1.54) is 24.0 Å². The smallest absolute Gasteiger partial charge is 0.0294 e. The third kappa shape index (κ3) is 5.64. The number of nitrogens with zero attached hydrogens (tertiary/aromatic N) is 1. The summed E-state index contributed by atoms with van der Waals surface area (Å²) in [6, 6.07) is 10.0. The first-order valence-electron chi connectivity index (χ1n) is 7.93. The van der Waals surface area contributed by atoms with Crippen LogP contribution in [0.5, 0.6) is 0 Å². The molecule has 2 unspecified atom stereocenters. The van der Waals surface area contributed by atoms with Gasteiger partial charge in [-0.15, -0.1) is 0 Å². The summed E-state index contributed by atoms with van der Waals surface area (Å²) in [5.74, 6) is 0.638. The van der Waals surface area contributed by atoms with Crippen LogP contribution in [-0.4, -0.2) is 31.6 Å². The number of rotatable bonds is 8. The number of benzene rings is 1. The standard InChI is InChI=1S/C18H32N2/c1-7-8-16-9-11-17(12-10-16)15(4)19-18(14(2)3)13-20(5)6/h9-12,14-15,18-19H,7-8,13H2,1-6H3. The summed E-state index contributed by atoms with van der Waals surface area (Å²) in [6.07, 6.45) is 2.39. The number of hydrogen-bond donors (Lipinski definition) is 1. The van der Waals surface area contributed by atoms with Gasteiger partial charge in [-0.3, -0.25) is 0 Å². The molecule has 114 valence electrons. The molecule has 1 aromatic rings. The predicted molar refractivity (Wildman–Crippen MR) is 89.2 cm³/mol. The second kappa shape index (κ2) is 8.43. The van der Waals surface area contributed by atoms with Crippen LogP contribution in [0.25, 0.3) is 0 Å². The van der Waals surface area contributed by atoms with E-state index in [0.29, 0.717) is 18.0 Å². The molecular weight excluding hydrogens is 244 g/mol. The Bertz CT molecular complexity index is 368. The highest BCUT2D eigenvalue weighted by Gasteiger charge is 2.17. The van der Waals surface area contributed by atoms with E-state index < -0.39 is 0 Å². The summed E-state index contributed by atoms with van der Waals surface area (Å²) in [4.78, 5) is 2.26. The molecule has 0 radical (unpaired) electrons. The van der Waals surface area contributed by atoms with Crippen LogP contribution in [0.2, 0.25) is 0 Å². The first kappa shape index (κ1) is 17.2. The van der Waals surface area contributed by atoms with E-state index in [0.717, 1.165) is 6.54 Å². The van der Waals surface area contributed by atoms with Gasteiger partial charge in [0.1, 0.15) is 0 Å². The van der Waals surface area contributed by atoms with Crippen molar-refractivity contribution >= 4 is 0 Å². The first-order valence-corrected chi connectivity index (χ1v) is 7.93. The topological polar surface area (TPSA) is 15.3 Å². The summed E-state index contributed by atoms with van der Waals surface area (Å²) in [6.45, 7) is 10.2. The van der Waals surface area contributed by atoms with Gasteiger partial charge in [0.15, 0.2) is 0 Å². The monoisotopic (exact) mass is 276 g/mol. The molecule has 0 saturated heterocycles. The molecule has 0 spiro atoms. The Hall–Kier alpha value is -0.860. The fourth-order valence-corrected chi connectivity index (χ4v) is 2.53. The molecular formula is C18H32N2. The lowest BCUT2D eigenvalue weighted by Gasteiger charge is -2.29. The highest BCUT2D eigenvalue weighted by Crippen LogP contribution is 2.17. The van der Waals surface area contributed by atoms with Crippen LogP contribution in [0.3, 0.4) is 0 Å². The lowest BCUT2D eigenvalue weighted by Crippen LogP contribution is -2.43. The van der Waals surface area contributed by atoms with E-state index in [1.807, 2.05) is 0 Å². The molecule has 2 atom stereocenters. The molecule has 0 fully saturated rings. The Morgan fingerprint density at radius 2 is 1.65 bits per heavy atom. The van der Waals surface area contributed by atoms with Crippen LogP contribution in [0.1, 0.15) is 51.3 Å². The average molecular weight is 276 g/mol. The van der Waals surface area contributed by atoms with Crippen molar-refractivity contribution in [2.45, 2.75) is 52.6 Å². The van der Waals surface area contributed by atoms with Crippen molar-refractivity contribution in [1.29, 1.82) is 0 Å². The van der Waals surface area contributed by atoms with Gasteiger partial charge in [0.2, 0.25) is 0 Å². The summed E-state index contributed by atoms with van der Waals surface area (Å²) < 4.78 is 0. The fraction of sp³-hybridized carbons (Fsp3) is 0.667. The molecule has 1 N–H and O–H groups in total. The van der Waals surface area contributed by atoms with Gasteiger partial charge in [-0.1, -0.05) is 51.5 Å². The number of nitrogens with one attached hydrogen (secondary N) is 1. The van der Waals surface area contributed by atoms with Crippen molar-refractivity contribution < 1.29 is 0 Å². The lowest BCUT2D eigenvalue weighted by molar-refractivity contribution is 0.273. The molecule has 2 nitrogen and oxygen atoms in total. The van der Waals surface area contributed by atoms with Crippen LogP contribution in [-0.2, 0) is 6.42 Å². The number of hydrogen-bond acceptors (Lipinski definition) is 2. The van der Waals surface area contributed by atoms with Crippen molar-refractivity contribution in [2.75, 3.05) is 20.6 Å². The van der Waals surface area contributed by atoms with E-state index in [9.17, 15) is 0 Å². The maximum atomic E-state index is 3.77. The molecule has 0 aliphatic rings. The largest absolute Gasteiger partial charge is 0.308 e. The maximum absolute atomic E-state index is 3.77. The minimum Gasteiger partial charge on any atom is -0.308 e. The molecule has 0 aliphatic carbocycles. The molecule has 0 heterocycles. The van der Waals surface area contributed by atoms with Crippen molar-refractivity contribution in [2.24, 2.45) is 5.92 Å². The Morgan fingerprint density at radius 1 is 1.05 bits per heavy atom. The molecule has 2 heteroatoms. The van der Waals surface area contributed by atoms with Crippen molar-refractivity contribution in [3.63, 3.8) is 0 Å². The van der Waals surface area contributed by atoms with E-state index >= 15 is 0 Å². The van der Waals surface area contributed by atoms with Crippen LogP contribution < -0.4 is 5.32 Å². The molecule has 1 rings (SSSR count). The molecule has 0 aliphatic heterocycles. The Kier molecular flexibility index (Phi) is 7.25. The summed E-state index contributed by atoms with van der Waals surface area (Å²) >= 11 is 0. The summed E-state index contributed by atoms with van der Waals surface area (Å²) in [7, 11) is 4.28. The van der Waals surface area contributed by atoms with Gasteiger partial charge >= 0.3 is 0 Å². The fourth-order valence-electron chi connectivity index (χ4n) is 2.53. The predicted octanol–water partition coefficient (Wildman–Crippen LogP) is 3.88. The minimum absolute atomic E-state index is 0.401. The zero-order valence-corrected chi connectivity index (χ0v) is 14.1. The highest BCUT2D eigenvalue weighted by molar-refractivity contribution is 5.24. The average Bonchev–Trinajstić information content (AvgIpc) is 2.38. The molecule has 0 saturated carbocycles. The van der Waals surface area contributed by atoms with Gasteiger partial charge in [0.25, 0.3) is 0 Å². The van der Waals surface area contributed by atoms with Gasteiger partial charge in [0, 0.05) is 18.6 Å². The molecule has 1 aromatic carbocycles. The Balaban J connectivity index is 2.65. The van der Waals surface area contributed by atoms with Crippen LogP contribution in [0.4, 0.5) is 0 Å². The van der Waals surface area contributed by atoms with Gasteiger partial charge in [-0.25, -0.2) is 0 Å². The maximum Gasteiger partial charge on any atom is 0.0294 e. The third-order valence-electron chi connectivity index (χ3n) is 3.85. The Labute approximate surface area is 125 Å². The van der Waals surface area contributed by atoms with Crippen molar-refractivity contribution in [1.82, 2.24) is 10.2 Å². The number of likely N-dealkylation sites (N-methyl/N-ethyl adjacent to an activating group) is 1. The lowest BCUT2D eigenvalue weighted by atomic mass is 9.99. The van der Waals surface area contributed by atoms with Crippen molar-refractivity contribution in [3.05, 3.63) is 35.4 Å². The van der Waals surface area contributed by atoms with E-state index in [4.69, 9.17) is 0 Å². The second-order valence-electron chi connectivity index (χ2n) is 6.49. The van der Waals surface area contributed by atoms with E-state index in [-0.39, 0.29) is 0 Å². The van der Waals surface area contributed by atoms with Crippen molar-refractivity contribution in [3.8, 4) is 0 Å². The number of aryl methyl sites for hydroxylation is 1. The SMILES string of the molecule is CCCc1ccc(C(C)NC(CN(C)C)C(C)C)cc1. The zero-order chi connectivity index (χ0) is 15.1. The van der Waals surface area contributed by atoms with Gasteiger partial charge in [0.05, 0.1) is 0 Å². The second-order valence-corrected chi connectivity index (χ2v) is 6.49. The Morgan fingerprint density at radius 3 is 2.10 bits per heavy atom. The van der Waals surface area contributed by atoms with Gasteiger partial charge < -0.3 is 10.2 Å².